The summed E-state index contributed by atoms with van der Waals surface area (Å²) in [6.45, 7) is 2.91. The van der Waals surface area contributed by atoms with E-state index in [0.717, 1.165) is 13.0 Å². The Kier molecular flexibility index (Phi) is 8.23. The van der Waals surface area contributed by atoms with E-state index in [9.17, 15) is 0 Å². The van der Waals surface area contributed by atoms with E-state index in [0.29, 0.717) is 0 Å². The zero-order chi connectivity index (χ0) is 8.36. The highest BCUT2D eigenvalue weighted by atomic mass is 16.5. The van der Waals surface area contributed by atoms with Crippen molar-refractivity contribution in [3.63, 3.8) is 0 Å². The summed E-state index contributed by atoms with van der Waals surface area (Å²) in [4.78, 5) is 0. The molecule has 0 fully saturated rings. The molecule has 0 aliphatic carbocycles. The zero-order valence-electron chi connectivity index (χ0n) is 7.05. The van der Waals surface area contributed by atoms with Crippen LogP contribution in [0.1, 0.15) is 32.6 Å². The predicted octanol–water partition coefficient (Wildman–Crippen LogP) is 2.62. The first-order valence-electron chi connectivity index (χ1n) is 4.08. The van der Waals surface area contributed by atoms with E-state index in [2.05, 4.69) is 6.92 Å². The molecule has 0 amide bonds. The molecule has 0 N–H and O–H groups in total. The Morgan fingerprint density at radius 2 is 2.18 bits per heavy atom. The minimum absolute atomic E-state index is 0.734. The second kappa shape index (κ2) is 9.03. The van der Waals surface area contributed by atoms with Crippen LogP contribution in [0.5, 0.6) is 0 Å². The lowest BCUT2D eigenvalue weighted by atomic mass is 10.2. The molecule has 0 atom stereocenters. The molecule has 0 spiro atoms. The van der Waals surface area contributed by atoms with Crippen LogP contribution >= 0.6 is 0 Å². The molecule has 0 unspecified atom stereocenters. The van der Waals surface area contributed by atoms with Crippen molar-refractivity contribution in [2.45, 2.75) is 32.6 Å². The van der Waals surface area contributed by atoms with E-state index < -0.39 is 0 Å². The van der Waals surface area contributed by atoms with Gasteiger partial charge in [-0.05, 0) is 6.42 Å². The molecule has 62 valence electrons. The molecule has 0 aromatic heterocycles. The minimum Gasteiger partial charge on any atom is -0.500 e. The van der Waals surface area contributed by atoms with Crippen molar-refractivity contribution in [1.29, 1.82) is 5.26 Å². The van der Waals surface area contributed by atoms with Crippen molar-refractivity contribution in [3.05, 3.63) is 12.3 Å². The molecule has 0 aromatic carbocycles. The second-order valence-corrected chi connectivity index (χ2v) is 2.36. The first-order valence-corrected chi connectivity index (χ1v) is 4.08. The Hall–Kier alpha value is -0.970. The van der Waals surface area contributed by atoms with E-state index in [1.54, 1.807) is 0 Å². The third kappa shape index (κ3) is 9.03. The highest BCUT2D eigenvalue weighted by molar-refractivity contribution is 4.97. The van der Waals surface area contributed by atoms with Crippen LogP contribution in [0.3, 0.4) is 0 Å². The maximum atomic E-state index is 8.09. The molecular formula is C9H15NO. The van der Waals surface area contributed by atoms with Gasteiger partial charge in [-0.3, -0.25) is 0 Å². The van der Waals surface area contributed by atoms with Gasteiger partial charge in [0.2, 0.25) is 0 Å². The van der Waals surface area contributed by atoms with E-state index >= 15 is 0 Å². The van der Waals surface area contributed by atoms with E-state index in [1.807, 2.05) is 6.07 Å². The van der Waals surface area contributed by atoms with E-state index in [-0.39, 0.29) is 0 Å². The highest BCUT2D eigenvalue weighted by Crippen LogP contribution is 1.98. The van der Waals surface area contributed by atoms with E-state index in [4.69, 9.17) is 10.00 Å². The van der Waals surface area contributed by atoms with E-state index in [1.165, 1.54) is 31.6 Å². The molecule has 11 heavy (non-hydrogen) atoms. The maximum absolute atomic E-state index is 8.09. The molecule has 0 aliphatic heterocycles. The number of unbranched alkanes of at least 4 members (excludes halogenated alkanes) is 3. The fourth-order valence-corrected chi connectivity index (χ4v) is 0.759. The van der Waals surface area contributed by atoms with Crippen molar-refractivity contribution < 1.29 is 4.74 Å². The summed E-state index contributed by atoms with van der Waals surface area (Å²) in [5.74, 6) is 0. The van der Waals surface area contributed by atoms with Gasteiger partial charge in [-0.2, -0.15) is 5.26 Å². The Morgan fingerprint density at radius 1 is 1.36 bits per heavy atom. The Morgan fingerprint density at radius 3 is 2.82 bits per heavy atom. The third-order valence-corrected chi connectivity index (χ3v) is 1.35. The summed E-state index contributed by atoms with van der Waals surface area (Å²) in [6, 6.07) is 1.86. The molecular weight excluding hydrogens is 138 g/mol. The summed E-state index contributed by atoms with van der Waals surface area (Å²) in [5.41, 5.74) is 0. The Labute approximate surface area is 68.5 Å². The Bertz CT molecular complexity index is 135. The largest absolute Gasteiger partial charge is 0.500 e. The molecule has 2 heteroatoms. The van der Waals surface area contributed by atoms with Gasteiger partial charge in [0.25, 0.3) is 0 Å². The van der Waals surface area contributed by atoms with Gasteiger partial charge in [-0.1, -0.05) is 26.2 Å². The first-order chi connectivity index (χ1) is 5.41. The standard InChI is InChI=1S/C9H15NO/c1-2-3-4-5-8-11-9-6-7-10/h6,9H,2-5,8H2,1H3. The lowest BCUT2D eigenvalue weighted by Crippen LogP contribution is -1.86. The molecule has 0 bridgehead atoms. The number of ether oxygens (including phenoxy) is 1. The molecule has 0 heterocycles. The number of nitriles is 1. The van der Waals surface area contributed by atoms with Crippen LogP contribution in [-0.2, 0) is 4.74 Å². The van der Waals surface area contributed by atoms with Gasteiger partial charge in [0.15, 0.2) is 0 Å². The van der Waals surface area contributed by atoms with Gasteiger partial charge in [0.05, 0.1) is 25.0 Å². The number of hydrogen-bond acceptors (Lipinski definition) is 2. The average molecular weight is 153 g/mol. The van der Waals surface area contributed by atoms with Gasteiger partial charge in [-0.15, -0.1) is 0 Å². The van der Waals surface area contributed by atoms with Crippen molar-refractivity contribution in [2.24, 2.45) is 0 Å². The molecule has 0 rings (SSSR count). The highest BCUT2D eigenvalue weighted by Gasteiger charge is 1.85. The normalized spacial score (nSPS) is 9.82. The van der Waals surface area contributed by atoms with Crippen LogP contribution in [0.15, 0.2) is 12.3 Å². The van der Waals surface area contributed by atoms with Crippen molar-refractivity contribution in [3.8, 4) is 6.07 Å². The Balaban J connectivity index is 2.92. The van der Waals surface area contributed by atoms with Crippen molar-refractivity contribution >= 4 is 0 Å². The number of nitrogens with zero attached hydrogens (tertiary/aromatic N) is 1. The molecule has 0 saturated carbocycles. The molecule has 0 saturated heterocycles. The SMILES string of the molecule is CCCCCCOC=CC#N. The van der Waals surface area contributed by atoms with Gasteiger partial charge >= 0.3 is 0 Å². The maximum Gasteiger partial charge on any atom is 0.0944 e. The molecule has 0 aromatic rings. The van der Waals surface area contributed by atoms with Gasteiger partial charge in [0, 0.05) is 0 Å². The minimum atomic E-state index is 0.734. The second-order valence-electron chi connectivity index (χ2n) is 2.36. The summed E-state index contributed by atoms with van der Waals surface area (Å²) in [7, 11) is 0. The summed E-state index contributed by atoms with van der Waals surface area (Å²) in [5, 5.41) is 8.09. The lowest BCUT2D eigenvalue weighted by Gasteiger charge is -1.98. The predicted molar refractivity (Wildman–Crippen MR) is 44.8 cm³/mol. The molecule has 0 radical (unpaired) electrons. The monoisotopic (exact) mass is 153 g/mol. The lowest BCUT2D eigenvalue weighted by molar-refractivity contribution is 0.241. The van der Waals surface area contributed by atoms with Crippen LogP contribution in [0.4, 0.5) is 0 Å². The number of rotatable bonds is 6. The number of hydrogen-bond donors (Lipinski definition) is 0. The summed E-state index contributed by atoms with van der Waals surface area (Å²) in [6.07, 6.45) is 7.62. The average Bonchev–Trinajstić information content (AvgIpc) is 2.03. The van der Waals surface area contributed by atoms with Crippen LogP contribution in [0.2, 0.25) is 0 Å². The van der Waals surface area contributed by atoms with Crippen molar-refractivity contribution in [2.75, 3.05) is 6.61 Å². The molecule has 2 nitrogen and oxygen atoms in total. The van der Waals surface area contributed by atoms with Crippen molar-refractivity contribution in [1.82, 2.24) is 0 Å². The third-order valence-electron chi connectivity index (χ3n) is 1.35. The summed E-state index contributed by atoms with van der Waals surface area (Å²) >= 11 is 0. The van der Waals surface area contributed by atoms with Gasteiger partial charge in [-0.25, -0.2) is 0 Å². The van der Waals surface area contributed by atoms with Crippen LogP contribution in [-0.4, -0.2) is 6.61 Å². The van der Waals surface area contributed by atoms with Crippen LogP contribution < -0.4 is 0 Å². The fraction of sp³-hybridized carbons (Fsp3) is 0.667. The van der Waals surface area contributed by atoms with Gasteiger partial charge in [0.1, 0.15) is 0 Å². The molecule has 0 aliphatic rings. The fourth-order valence-electron chi connectivity index (χ4n) is 0.759. The summed E-state index contributed by atoms with van der Waals surface area (Å²) < 4.78 is 5.02. The van der Waals surface area contributed by atoms with Crippen LogP contribution in [0, 0.1) is 11.3 Å². The smallest absolute Gasteiger partial charge is 0.0944 e. The topological polar surface area (TPSA) is 33.0 Å². The quantitative estimate of drug-likeness (QED) is 0.334. The first kappa shape index (κ1) is 10.0. The van der Waals surface area contributed by atoms with Gasteiger partial charge < -0.3 is 4.74 Å². The van der Waals surface area contributed by atoms with Crippen LogP contribution in [0.25, 0.3) is 0 Å². The zero-order valence-corrected chi connectivity index (χ0v) is 7.05. The number of allylic oxidation sites excluding steroid dienone is 1.